The van der Waals surface area contributed by atoms with Crippen molar-refractivity contribution in [3.8, 4) is 0 Å². The first-order chi connectivity index (χ1) is 9.27. The number of thioether (sulfide) groups is 2. The maximum atomic E-state index is 12.6. The van der Waals surface area contributed by atoms with Gasteiger partial charge in [-0.1, -0.05) is 13.3 Å². The molecular formula is C14H26N2OS2. The molecule has 0 spiro atoms. The van der Waals surface area contributed by atoms with E-state index in [1.54, 1.807) is 0 Å². The molecule has 2 fully saturated rings. The third kappa shape index (κ3) is 4.30. The summed E-state index contributed by atoms with van der Waals surface area (Å²) < 4.78 is 0. The molecule has 2 saturated heterocycles. The van der Waals surface area contributed by atoms with E-state index in [1.165, 1.54) is 17.3 Å². The van der Waals surface area contributed by atoms with Crippen molar-refractivity contribution in [1.82, 2.24) is 10.6 Å². The Balaban J connectivity index is 1.84. The highest BCUT2D eigenvalue weighted by Crippen LogP contribution is 2.34. The maximum Gasteiger partial charge on any atom is 0.226 e. The Hall–Kier alpha value is 0.130. The van der Waals surface area contributed by atoms with Gasteiger partial charge >= 0.3 is 0 Å². The summed E-state index contributed by atoms with van der Waals surface area (Å²) >= 11 is 4.03. The van der Waals surface area contributed by atoms with Crippen LogP contribution in [0.2, 0.25) is 0 Å². The Bertz CT molecular complexity index is 282. The summed E-state index contributed by atoms with van der Waals surface area (Å²) in [5.41, 5.74) is -0.0908. The van der Waals surface area contributed by atoms with E-state index in [1.807, 2.05) is 23.5 Å². The number of carbonyl (C=O) groups is 1. The zero-order valence-electron chi connectivity index (χ0n) is 11.9. The van der Waals surface area contributed by atoms with Gasteiger partial charge in [0.2, 0.25) is 5.91 Å². The first kappa shape index (κ1) is 15.5. The van der Waals surface area contributed by atoms with E-state index >= 15 is 0 Å². The van der Waals surface area contributed by atoms with Crippen molar-refractivity contribution in [1.29, 1.82) is 0 Å². The largest absolute Gasteiger partial charge is 0.354 e. The highest BCUT2D eigenvalue weighted by Gasteiger charge is 2.38. The lowest BCUT2D eigenvalue weighted by atomic mass is 9.74. The fourth-order valence-corrected chi connectivity index (χ4v) is 5.63. The number of amides is 1. The Morgan fingerprint density at radius 3 is 2.79 bits per heavy atom. The molecule has 0 radical (unpaired) electrons. The van der Waals surface area contributed by atoms with E-state index < -0.39 is 0 Å². The highest BCUT2D eigenvalue weighted by atomic mass is 32.2. The molecule has 1 amide bonds. The molecule has 110 valence electrons. The van der Waals surface area contributed by atoms with E-state index in [0.717, 1.165) is 45.3 Å². The molecule has 3 nitrogen and oxygen atoms in total. The van der Waals surface area contributed by atoms with E-state index in [9.17, 15) is 4.79 Å². The number of piperidine rings is 1. The number of hydrogen-bond acceptors (Lipinski definition) is 4. The van der Waals surface area contributed by atoms with Gasteiger partial charge in [-0.25, -0.2) is 0 Å². The second-order valence-electron chi connectivity index (χ2n) is 5.56. The van der Waals surface area contributed by atoms with E-state index in [4.69, 9.17) is 0 Å². The monoisotopic (exact) mass is 302 g/mol. The van der Waals surface area contributed by atoms with Gasteiger partial charge < -0.3 is 10.6 Å². The molecule has 0 bridgehead atoms. The van der Waals surface area contributed by atoms with Crippen LogP contribution in [0.1, 0.15) is 32.6 Å². The second-order valence-corrected chi connectivity index (χ2v) is 8.12. The quantitative estimate of drug-likeness (QED) is 0.816. The van der Waals surface area contributed by atoms with Gasteiger partial charge in [0.15, 0.2) is 0 Å². The van der Waals surface area contributed by atoms with Crippen LogP contribution in [0.15, 0.2) is 0 Å². The first-order valence-corrected chi connectivity index (χ1v) is 9.65. The average Bonchev–Trinajstić information content (AvgIpc) is 2.47. The highest BCUT2D eigenvalue weighted by molar-refractivity contribution is 8.06. The molecule has 2 aliphatic heterocycles. The summed E-state index contributed by atoms with van der Waals surface area (Å²) in [5.74, 6) is 4.00. The van der Waals surface area contributed by atoms with Crippen molar-refractivity contribution >= 4 is 29.4 Å². The van der Waals surface area contributed by atoms with Crippen LogP contribution in [0.4, 0.5) is 0 Å². The van der Waals surface area contributed by atoms with Crippen LogP contribution in [0, 0.1) is 5.41 Å². The maximum absolute atomic E-state index is 12.6. The zero-order chi connectivity index (χ0) is 13.6. The van der Waals surface area contributed by atoms with Crippen molar-refractivity contribution in [2.75, 3.05) is 36.9 Å². The smallest absolute Gasteiger partial charge is 0.226 e. The molecule has 2 rings (SSSR count). The Morgan fingerprint density at radius 2 is 2.16 bits per heavy atom. The molecule has 2 N–H and O–H groups in total. The zero-order valence-corrected chi connectivity index (χ0v) is 13.5. The van der Waals surface area contributed by atoms with Crippen molar-refractivity contribution in [2.45, 2.75) is 37.9 Å². The number of hydrogen-bond donors (Lipinski definition) is 2. The Kier molecular flexibility index (Phi) is 6.36. The predicted molar refractivity (Wildman–Crippen MR) is 86.0 cm³/mol. The van der Waals surface area contributed by atoms with Crippen LogP contribution in [0.3, 0.4) is 0 Å². The van der Waals surface area contributed by atoms with Crippen LogP contribution in [0.5, 0.6) is 0 Å². The van der Waals surface area contributed by atoms with Gasteiger partial charge in [0.05, 0.1) is 5.41 Å². The minimum atomic E-state index is -0.0908. The fourth-order valence-electron chi connectivity index (χ4n) is 3.02. The summed E-state index contributed by atoms with van der Waals surface area (Å²) in [5, 5.41) is 7.23. The third-order valence-corrected chi connectivity index (χ3v) is 6.99. The van der Waals surface area contributed by atoms with Gasteiger partial charge in [0.25, 0.3) is 0 Å². The SMILES string of the molecule is CCCC1(C(=O)NCC2CSCCS2)CCNCC1. The molecule has 5 heteroatoms. The molecule has 2 heterocycles. The molecule has 19 heavy (non-hydrogen) atoms. The van der Waals surface area contributed by atoms with Gasteiger partial charge in [0.1, 0.15) is 0 Å². The summed E-state index contributed by atoms with van der Waals surface area (Å²) in [7, 11) is 0. The molecule has 1 atom stereocenters. The Morgan fingerprint density at radius 1 is 1.37 bits per heavy atom. The molecule has 1 unspecified atom stereocenters. The minimum absolute atomic E-state index is 0.0908. The minimum Gasteiger partial charge on any atom is -0.354 e. The van der Waals surface area contributed by atoms with E-state index in [2.05, 4.69) is 17.6 Å². The number of nitrogens with one attached hydrogen (secondary N) is 2. The number of carbonyl (C=O) groups excluding carboxylic acids is 1. The van der Waals surface area contributed by atoms with Gasteiger partial charge in [0, 0.05) is 29.1 Å². The van der Waals surface area contributed by atoms with Crippen molar-refractivity contribution in [2.24, 2.45) is 5.41 Å². The second kappa shape index (κ2) is 7.79. The lowest BCUT2D eigenvalue weighted by molar-refractivity contribution is -0.133. The van der Waals surface area contributed by atoms with Crippen molar-refractivity contribution in [3.63, 3.8) is 0 Å². The normalized spacial score (nSPS) is 26.9. The molecule has 0 aliphatic carbocycles. The molecule has 0 aromatic heterocycles. The molecule has 0 aromatic rings. The van der Waals surface area contributed by atoms with Gasteiger partial charge in [-0.15, -0.1) is 0 Å². The number of rotatable bonds is 5. The molecular weight excluding hydrogens is 276 g/mol. The first-order valence-electron chi connectivity index (χ1n) is 7.45. The van der Waals surface area contributed by atoms with Crippen molar-refractivity contribution in [3.05, 3.63) is 0 Å². The van der Waals surface area contributed by atoms with Gasteiger partial charge in [-0.05, 0) is 32.4 Å². The topological polar surface area (TPSA) is 41.1 Å². The van der Waals surface area contributed by atoms with Crippen LogP contribution in [0.25, 0.3) is 0 Å². The summed E-state index contributed by atoms with van der Waals surface area (Å²) in [4.78, 5) is 12.6. The third-order valence-electron chi connectivity index (χ3n) is 4.15. The van der Waals surface area contributed by atoms with Gasteiger partial charge in [-0.2, -0.15) is 23.5 Å². The van der Waals surface area contributed by atoms with Crippen molar-refractivity contribution < 1.29 is 4.79 Å². The lowest BCUT2D eigenvalue weighted by Gasteiger charge is -2.36. The Labute approximate surface area is 125 Å². The summed E-state index contributed by atoms with van der Waals surface area (Å²) in [6.07, 6.45) is 4.13. The van der Waals surface area contributed by atoms with Crippen LogP contribution < -0.4 is 10.6 Å². The van der Waals surface area contributed by atoms with E-state index in [0.29, 0.717) is 11.2 Å². The molecule has 2 aliphatic rings. The summed E-state index contributed by atoms with van der Waals surface area (Å²) in [6, 6.07) is 0. The van der Waals surface area contributed by atoms with Crippen LogP contribution >= 0.6 is 23.5 Å². The van der Waals surface area contributed by atoms with Crippen LogP contribution in [-0.4, -0.2) is 48.0 Å². The predicted octanol–water partition coefficient (Wildman–Crippen LogP) is 2.12. The average molecular weight is 303 g/mol. The molecule has 0 saturated carbocycles. The van der Waals surface area contributed by atoms with Crippen LogP contribution in [-0.2, 0) is 4.79 Å². The lowest BCUT2D eigenvalue weighted by Crippen LogP contribution is -2.49. The van der Waals surface area contributed by atoms with Gasteiger partial charge in [-0.3, -0.25) is 4.79 Å². The van der Waals surface area contributed by atoms with E-state index in [-0.39, 0.29) is 5.41 Å². The molecule has 0 aromatic carbocycles. The fraction of sp³-hybridized carbons (Fsp3) is 0.929. The summed E-state index contributed by atoms with van der Waals surface area (Å²) in [6.45, 7) is 5.02. The standard InChI is InChI=1S/C14H26N2OS2/c1-2-3-14(4-6-15-7-5-14)13(17)16-10-12-11-18-8-9-19-12/h12,15H,2-11H2,1H3,(H,16,17).